The van der Waals surface area contributed by atoms with E-state index < -0.39 is 0 Å². The lowest BCUT2D eigenvalue weighted by atomic mass is 9.79. The molecule has 0 aromatic heterocycles. The van der Waals surface area contributed by atoms with E-state index in [9.17, 15) is 0 Å². The molecule has 1 unspecified atom stereocenters. The molecule has 1 atom stereocenters. The molecule has 0 saturated carbocycles. The predicted octanol–water partition coefficient (Wildman–Crippen LogP) is 2.51. The summed E-state index contributed by atoms with van der Waals surface area (Å²) in [5, 5.41) is 0. The van der Waals surface area contributed by atoms with Gasteiger partial charge in [-0.3, -0.25) is 0 Å². The van der Waals surface area contributed by atoms with Crippen LogP contribution in [0.5, 0.6) is 0 Å². The van der Waals surface area contributed by atoms with E-state index in [0.717, 1.165) is 5.92 Å². The summed E-state index contributed by atoms with van der Waals surface area (Å²) in [6, 6.07) is 8.68. The summed E-state index contributed by atoms with van der Waals surface area (Å²) in [6.45, 7) is 2.28. The fourth-order valence-corrected chi connectivity index (χ4v) is 1.51. The predicted molar refractivity (Wildman–Crippen MR) is 43.6 cm³/mol. The lowest BCUT2D eigenvalue weighted by Crippen LogP contribution is -2.12. The van der Waals surface area contributed by atoms with Crippen LogP contribution in [0.2, 0.25) is 0 Å². The van der Waals surface area contributed by atoms with Crippen molar-refractivity contribution in [1.29, 1.82) is 0 Å². The largest absolute Gasteiger partial charge is 0.344 e. The Morgan fingerprint density at radius 1 is 1.30 bits per heavy atom. The van der Waals surface area contributed by atoms with Gasteiger partial charge in [-0.25, -0.2) is 0 Å². The van der Waals surface area contributed by atoms with Crippen molar-refractivity contribution in [2.45, 2.75) is 19.3 Å². The SMILES string of the molecule is CC1Cc2ccccc21.N. The van der Waals surface area contributed by atoms with Crippen LogP contribution < -0.4 is 6.15 Å². The highest BCUT2D eigenvalue weighted by Gasteiger charge is 2.19. The van der Waals surface area contributed by atoms with Gasteiger partial charge in [-0.2, -0.15) is 0 Å². The molecule has 1 aliphatic carbocycles. The molecule has 54 valence electrons. The molecule has 1 aromatic carbocycles. The van der Waals surface area contributed by atoms with Crippen LogP contribution in [0, 0.1) is 0 Å². The van der Waals surface area contributed by atoms with Crippen LogP contribution in [-0.2, 0) is 6.42 Å². The van der Waals surface area contributed by atoms with Gasteiger partial charge in [0.05, 0.1) is 0 Å². The highest BCUT2D eigenvalue weighted by molar-refractivity contribution is 5.38. The maximum atomic E-state index is 2.28. The van der Waals surface area contributed by atoms with E-state index in [4.69, 9.17) is 0 Å². The van der Waals surface area contributed by atoms with Crippen LogP contribution in [0.25, 0.3) is 0 Å². The van der Waals surface area contributed by atoms with Crippen molar-refractivity contribution in [1.82, 2.24) is 6.15 Å². The number of benzene rings is 1. The summed E-state index contributed by atoms with van der Waals surface area (Å²) in [4.78, 5) is 0. The van der Waals surface area contributed by atoms with Crippen LogP contribution >= 0.6 is 0 Å². The Balaban J connectivity index is 0.000000500. The van der Waals surface area contributed by atoms with E-state index in [-0.39, 0.29) is 6.15 Å². The molecular weight excluding hydrogens is 122 g/mol. The summed E-state index contributed by atoms with van der Waals surface area (Å²) >= 11 is 0. The molecule has 0 aliphatic heterocycles. The highest BCUT2D eigenvalue weighted by Crippen LogP contribution is 2.33. The molecule has 1 nitrogen and oxygen atoms in total. The Morgan fingerprint density at radius 2 is 2.00 bits per heavy atom. The van der Waals surface area contributed by atoms with Crippen LogP contribution in [0.15, 0.2) is 24.3 Å². The quantitative estimate of drug-likeness (QED) is 0.582. The minimum absolute atomic E-state index is 0. The van der Waals surface area contributed by atoms with Crippen LogP contribution in [0.4, 0.5) is 0 Å². The average Bonchev–Trinajstić information content (AvgIpc) is 1.86. The van der Waals surface area contributed by atoms with E-state index in [1.54, 1.807) is 11.1 Å². The van der Waals surface area contributed by atoms with E-state index in [1.807, 2.05) is 0 Å². The summed E-state index contributed by atoms with van der Waals surface area (Å²) in [7, 11) is 0. The van der Waals surface area contributed by atoms with Gasteiger partial charge in [0.2, 0.25) is 0 Å². The Labute approximate surface area is 61.7 Å². The first-order valence-electron chi connectivity index (χ1n) is 3.46. The zero-order valence-corrected chi connectivity index (χ0v) is 6.30. The number of rotatable bonds is 0. The van der Waals surface area contributed by atoms with Gasteiger partial charge in [0.25, 0.3) is 0 Å². The van der Waals surface area contributed by atoms with Crippen molar-refractivity contribution in [2.75, 3.05) is 0 Å². The lowest BCUT2D eigenvalue weighted by molar-refractivity contribution is 0.667. The number of hydrogen-bond donors (Lipinski definition) is 1. The van der Waals surface area contributed by atoms with Gasteiger partial charge < -0.3 is 6.15 Å². The molecule has 1 heteroatoms. The molecule has 2 rings (SSSR count). The van der Waals surface area contributed by atoms with E-state index in [1.165, 1.54) is 6.42 Å². The van der Waals surface area contributed by atoms with Crippen LogP contribution in [-0.4, -0.2) is 0 Å². The van der Waals surface area contributed by atoms with Crippen molar-refractivity contribution < 1.29 is 0 Å². The molecule has 0 bridgehead atoms. The standard InChI is InChI=1S/C9H10.H3N/c1-7-6-8-4-2-3-5-9(7)8;/h2-5,7H,6H2,1H3;1H3. The maximum Gasteiger partial charge on any atom is -0.0147 e. The lowest BCUT2D eigenvalue weighted by Gasteiger charge is -2.25. The number of hydrogen-bond acceptors (Lipinski definition) is 1. The van der Waals surface area contributed by atoms with Gasteiger partial charge in [0.1, 0.15) is 0 Å². The third-order valence-electron chi connectivity index (χ3n) is 2.11. The van der Waals surface area contributed by atoms with Crippen LogP contribution in [0.1, 0.15) is 24.0 Å². The average molecular weight is 135 g/mol. The van der Waals surface area contributed by atoms with E-state index >= 15 is 0 Å². The minimum Gasteiger partial charge on any atom is -0.344 e. The summed E-state index contributed by atoms with van der Waals surface area (Å²) in [6.07, 6.45) is 1.29. The second kappa shape index (κ2) is 2.43. The first kappa shape index (κ1) is 7.29. The van der Waals surface area contributed by atoms with Gasteiger partial charge >= 0.3 is 0 Å². The normalized spacial score (nSPS) is 20.3. The minimum atomic E-state index is 0. The maximum absolute atomic E-state index is 2.28. The monoisotopic (exact) mass is 135 g/mol. The third-order valence-corrected chi connectivity index (χ3v) is 2.11. The molecule has 0 amide bonds. The topological polar surface area (TPSA) is 35.0 Å². The van der Waals surface area contributed by atoms with E-state index in [2.05, 4.69) is 31.2 Å². The molecule has 0 spiro atoms. The van der Waals surface area contributed by atoms with Crippen molar-refractivity contribution in [2.24, 2.45) is 0 Å². The Morgan fingerprint density at radius 3 is 2.50 bits per heavy atom. The summed E-state index contributed by atoms with van der Waals surface area (Å²) < 4.78 is 0. The van der Waals surface area contributed by atoms with Gasteiger partial charge in [-0.1, -0.05) is 31.2 Å². The van der Waals surface area contributed by atoms with Gasteiger partial charge in [-0.15, -0.1) is 0 Å². The van der Waals surface area contributed by atoms with Crippen molar-refractivity contribution in [3.05, 3.63) is 35.4 Å². The zero-order chi connectivity index (χ0) is 6.27. The highest BCUT2D eigenvalue weighted by atomic mass is 14.2. The zero-order valence-electron chi connectivity index (χ0n) is 6.30. The third kappa shape index (κ3) is 0.830. The van der Waals surface area contributed by atoms with Gasteiger partial charge in [0.15, 0.2) is 0 Å². The first-order chi connectivity index (χ1) is 4.38. The Hall–Kier alpha value is -0.820. The molecule has 3 N–H and O–H groups in total. The van der Waals surface area contributed by atoms with Gasteiger partial charge in [0, 0.05) is 0 Å². The smallest absolute Gasteiger partial charge is 0.0147 e. The van der Waals surface area contributed by atoms with Crippen molar-refractivity contribution in [3.63, 3.8) is 0 Å². The molecule has 0 heterocycles. The number of fused-ring (bicyclic) bond motifs is 1. The van der Waals surface area contributed by atoms with E-state index in [0.29, 0.717) is 0 Å². The molecule has 10 heavy (non-hydrogen) atoms. The molecule has 0 radical (unpaired) electrons. The molecular formula is C9H13N. The fraction of sp³-hybridized carbons (Fsp3) is 0.333. The van der Waals surface area contributed by atoms with Crippen molar-refractivity contribution >= 4 is 0 Å². The van der Waals surface area contributed by atoms with Crippen LogP contribution in [0.3, 0.4) is 0 Å². The Bertz CT molecular complexity index is 230. The molecule has 0 saturated heterocycles. The van der Waals surface area contributed by atoms with Crippen molar-refractivity contribution in [3.8, 4) is 0 Å². The summed E-state index contributed by atoms with van der Waals surface area (Å²) in [5.74, 6) is 0.821. The molecule has 1 aliphatic rings. The van der Waals surface area contributed by atoms with Gasteiger partial charge in [-0.05, 0) is 23.5 Å². The molecule has 0 fully saturated rings. The Kier molecular flexibility index (Phi) is 1.77. The second-order valence-corrected chi connectivity index (χ2v) is 2.80. The summed E-state index contributed by atoms with van der Waals surface area (Å²) in [5.41, 5.74) is 3.10. The fourth-order valence-electron chi connectivity index (χ4n) is 1.51. The second-order valence-electron chi connectivity index (χ2n) is 2.80. The first-order valence-corrected chi connectivity index (χ1v) is 3.46. The molecule has 1 aromatic rings.